The van der Waals surface area contributed by atoms with E-state index in [1.54, 1.807) is 6.33 Å². The number of piperazine rings is 1. The number of aromatic amines is 1. The number of nitrogens with zero attached hydrogens (tertiary/aromatic N) is 7. The molecule has 6 rings (SSSR count). The fourth-order valence-corrected chi connectivity index (χ4v) is 6.43. The minimum absolute atomic E-state index is 0.167. The Morgan fingerprint density at radius 3 is 2.49 bits per heavy atom. The van der Waals surface area contributed by atoms with E-state index in [2.05, 4.69) is 84.7 Å². The van der Waals surface area contributed by atoms with Crippen molar-refractivity contribution < 1.29 is 9.53 Å². The zero-order valence-corrected chi connectivity index (χ0v) is 25.2. The Labute approximate surface area is 241 Å². The van der Waals surface area contributed by atoms with Crippen molar-refractivity contribution >= 4 is 28.4 Å². The number of hydrogen-bond donors (Lipinski definition) is 1. The van der Waals surface area contributed by atoms with Crippen molar-refractivity contribution in [1.29, 1.82) is 0 Å². The summed E-state index contributed by atoms with van der Waals surface area (Å²) >= 11 is 0. The van der Waals surface area contributed by atoms with Crippen LogP contribution in [0.4, 0.5) is 5.82 Å². The second kappa shape index (κ2) is 10.7. The minimum Gasteiger partial charge on any atom is -0.379 e. The molecule has 0 aliphatic carbocycles. The number of aromatic nitrogens is 5. The third-order valence-electron chi connectivity index (χ3n) is 9.05. The first-order chi connectivity index (χ1) is 19.6. The van der Waals surface area contributed by atoms with Crippen molar-refractivity contribution in [3.63, 3.8) is 0 Å². The molecule has 2 aliphatic heterocycles. The average molecular weight is 559 g/mol. The van der Waals surface area contributed by atoms with Gasteiger partial charge in [0.25, 0.3) is 0 Å². The van der Waals surface area contributed by atoms with Crippen LogP contribution in [0.25, 0.3) is 27.9 Å². The number of fused-ring (bicyclic) bond motifs is 2. The maximum atomic E-state index is 13.3. The molecule has 2 aliphatic rings. The van der Waals surface area contributed by atoms with Crippen LogP contribution in [0.2, 0.25) is 0 Å². The van der Waals surface area contributed by atoms with E-state index in [-0.39, 0.29) is 17.4 Å². The number of H-pyrrole nitrogens is 1. The summed E-state index contributed by atoms with van der Waals surface area (Å²) in [5, 5.41) is 4.41. The standard InChI is InChI=1S/C31H42N8O2/c1-20(2)27-28(23-18-39-30(32-19-33-39)22(4)21(23)3)34-24-7-8-25(35-29(24)27)36-9-11-37(12-10-36)26(40)17-31(5,6)38-13-15-41-16-14-38/h7-8,18-20,34H,9-17H2,1-6H3. The molecule has 0 unspecified atom stereocenters. The van der Waals surface area contributed by atoms with Crippen molar-refractivity contribution in [2.24, 2.45) is 0 Å². The second-order valence-electron chi connectivity index (χ2n) is 12.4. The predicted molar refractivity (Wildman–Crippen MR) is 162 cm³/mol. The van der Waals surface area contributed by atoms with Gasteiger partial charge in [0.05, 0.1) is 29.9 Å². The highest BCUT2D eigenvalue weighted by molar-refractivity contribution is 5.90. The van der Waals surface area contributed by atoms with E-state index in [0.29, 0.717) is 19.5 Å². The lowest BCUT2D eigenvalue weighted by atomic mass is 9.95. The van der Waals surface area contributed by atoms with Gasteiger partial charge in [-0.15, -0.1) is 0 Å². The van der Waals surface area contributed by atoms with E-state index in [4.69, 9.17) is 9.72 Å². The topological polar surface area (TPSA) is 94.9 Å². The van der Waals surface area contributed by atoms with Crippen LogP contribution >= 0.6 is 0 Å². The van der Waals surface area contributed by atoms with E-state index < -0.39 is 0 Å². The molecule has 218 valence electrons. The predicted octanol–water partition coefficient (Wildman–Crippen LogP) is 4.16. The summed E-state index contributed by atoms with van der Waals surface area (Å²) in [5.74, 6) is 1.47. The van der Waals surface area contributed by atoms with Gasteiger partial charge in [-0.3, -0.25) is 9.69 Å². The monoisotopic (exact) mass is 558 g/mol. The third-order valence-corrected chi connectivity index (χ3v) is 9.05. The number of carbonyl (C=O) groups excluding carboxylic acids is 1. The number of amides is 1. The SMILES string of the molecule is Cc1c(-c2[nH]c3ccc(N4CCN(C(=O)CC(C)(C)N5CCOCC5)CC4)nc3c2C(C)C)cn2ncnc2c1C. The first kappa shape index (κ1) is 27.7. The van der Waals surface area contributed by atoms with Gasteiger partial charge in [-0.2, -0.15) is 5.10 Å². The van der Waals surface area contributed by atoms with Gasteiger partial charge in [-0.05, 0) is 56.9 Å². The minimum atomic E-state index is -0.167. The van der Waals surface area contributed by atoms with Crippen LogP contribution in [0.1, 0.15) is 56.7 Å². The molecule has 2 saturated heterocycles. The Hall–Kier alpha value is -3.50. The van der Waals surface area contributed by atoms with Crippen molar-refractivity contribution in [2.45, 2.75) is 59.4 Å². The Morgan fingerprint density at radius 2 is 1.78 bits per heavy atom. The number of nitrogens with one attached hydrogen (secondary N) is 1. The van der Waals surface area contributed by atoms with Crippen molar-refractivity contribution in [3.05, 3.63) is 41.3 Å². The van der Waals surface area contributed by atoms with Crippen molar-refractivity contribution in [2.75, 3.05) is 57.4 Å². The molecule has 4 aromatic rings. The van der Waals surface area contributed by atoms with Gasteiger partial charge in [0, 0.05) is 68.6 Å². The van der Waals surface area contributed by atoms with Crippen LogP contribution in [-0.2, 0) is 9.53 Å². The molecular weight excluding hydrogens is 516 g/mol. The normalized spacial score (nSPS) is 17.3. The van der Waals surface area contributed by atoms with Gasteiger partial charge >= 0.3 is 0 Å². The van der Waals surface area contributed by atoms with Gasteiger partial charge in [0.15, 0.2) is 5.65 Å². The quantitative estimate of drug-likeness (QED) is 0.380. The van der Waals surface area contributed by atoms with Crippen LogP contribution in [0.5, 0.6) is 0 Å². The van der Waals surface area contributed by atoms with E-state index in [1.165, 1.54) is 11.1 Å². The zero-order valence-electron chi connectivity index (χ0n) is 25.2. The largest absolute Gasteiger partial charge is 0.379 e. The molecule has 6 heterocycles. The fourth-order valence-electron chi connectivity index (χ4n) is 6.43. The van der Waals surface area contributed by atoms with Crippen molar-refractivity contribution in [3.8, 4) is 11.3 Å². The molecule has 1 N–H and O–H groups in total. The fraction of sp³-hybridized carbons (Fsp3) is 0.548. The lowest BCUT2D eigenvalue weighted by Crippen LogP contribution is -2.54. The Balaban J connectivity index is 1.22. The number of rotatable bonds is 6. The Kier molecular flexibility index (Phi) is 7.23. The highest BCUT2D eigenvalue weighted by Crippen LogP contribution is 2.38. The van der Waals surface area contributed by atoms with E-state index in [0.717, 1.165) is 78.7 Å². The molecule has 10 nitrogen and oxygen atoms in total. The number of anilines is 1. The summed E-state index contributed by atoms with van der Waals surface area (Å²) in [5.41, 5.74) is 8.50. The first-order valence-corrected chi connectivity index (χ1v) is 14.8. The van der Waals surface area contributed by atoms with E-state index in [1.807, 2.05) is 9.42 Å². The Morgan fingerprint density at radius 1 is 1.05 bits per heavy atom. The smallest absolute Gasteiger partial charge is 0.224 e. The van der Waals surface area contributed by atoms with Gasteiger partial charge in [0.2, 0.25) is 5.91 Å². The summed E-state index contributed by atoms with van der Waals surface area (Å²) in [6.45, 7) is 19.3. The van der Waals surface area contributed by atoms with Crippen LogP contribution in [0.15, 0.2) is 24.7 Å². The summed E-state index contributed by atoms with van der Waals surface area (Å²) in [7, 11) is 0. The number of ether oxygens (including phenoxy) is 1. The molecular formula is C31H42N8O2. The maximum Gasteiger partial charge on any atom is 0.224 e. The van der Waals surface area contributed by atoms with Gasteiger partial charge < -0.3 is 19.5 Å². The first-order valence-electron chi connectivity index (χ1n) is 14.8. The highest BCUT2D eigenvalue weighted by Gasteiger charge is 2.33. The molecule has 41 heavy (non-hydrogen) atoms. The number of morpholine rings is 1. The van der Waals surface area contributed by atoms with Gasteiger partial charge in [-0.1, -0.05) is 13.8 Å². The van der Waals surface area contributed by atoms with Crippen LogP contribution in [0, 0.1) is 13.8 Å². The van der Waals surface area contributed by atoms with E-state index >= 15 is 0 Å². The zero-order chi connectivity index (χ0) is 28.9. The van der Waals surface area contributed by atoms with Crippen molar-refractivity contribution in [1.82, 2.24) is 34.4 Å². The number of pyridine rings is 2. The molecule has 1 amide bonds. The highest BCUT2D eigenvalue weighted by atomic mass is 16.5. The lowest BCUT2D eigenvalue weighted by Gasteiger charge is -2.42. The van der Waals surface area contributed by atoms with Gasteiger partial charge in [0.1, 0.15) is 12.1 Å². The van der Waals surface area contributed by atoms with Gasteiger partial charge in [-0.25, -0.2) is 14.5 Å². The average Bonchev–Trinajstić information content (AvgIpc) is 3.60. The number of carbonyl (C=O) groups is 1. The third kappa shape index (κ3) is 5.08. The molecule has 10 heteroatoms. The van der Waals surface area contributed by atoms with Crippen LogP contribution in [0.3, 0.4) is 0 Å². The molecule has 0 bridgehead atoms. The Bertz CT molecular complexity index is 1570. The van der Waals surface area contributed by atoms with E-state index in [9.17, 15) is 4.79 Å². The van der Waals surface area contributed by atoms with Crippen LogP contribution < -0.4 is 4.90 Å². The molecule has 4 aromatic heterocycles. The molecule has 2 fully saturated rings. The number of aryl methyl sites for hydroxylation is 1. The molecule has 0 spiro atoms. The molecule has 0 aromatic carbocycles. The summed E-state index contributed by atoms with van der Waals surface area (Å²) in [4.78, 5) is 33.3. The summed E-state index contributed by atoms with van der Waals surface area (Å²) < 4.78 is 7.36. The second-order valence-corrected chi connectivity index (χ2v) is 12.4. The lowest BCUT2D eigenvalue weighted by molar-refractivity contribution is -0.135. The molecule has 0 atom stereocenters. The summed E-state index contributed by atoms with van der Waals surface area (Å²) in [6, 6.07) is 4.25. The van der Waals surface area contributed by atoms with Crippen LogP contribution in [-0.4, -0.2) is 98.3 Å². The maximum absolute atomic E-state index is 13.3. The molecule has 0 saturated carbocycles. The number of hydrogen-bond acceptors (Lipinski definition) is 7. The summed E-state index contributed by atoms with van der Waals surface area (Å²) in [6.07, 6.45) is 4.20. The molecule has 0 radical (unpaired) electrons.